The van der Waals surface area contributed by atoms with Gasteiger partial charge in [0.2, 0.25) is 0 Å². The zero-order chi connectivity index (χ0) is 17.6. The summed E-state index contributed by atoms with van der Waals surface area (Å²) in [7, 11) is 0. The van der Waals surface area contributed by atoms with Crippen LogP contribution in [0, 0.1) is 0 Å². The minimum absolute atomic E-state index is 0.233. The fraction of sp³-hybridized carbons (Fsp3) is 0.353. The fourth-order valence-corrected chi connectivity index (χ4v) is 2.43. The summed E-state index contributed by atoms with van der Waals surface area (Å²) in [4.78, 5) is 21.3. The Morgan fingerprint density at radius 2 is 2.00 bits per heavy atom. The van der Waals surface area contributed by atoms with Gasteiger partial charge in [-0.3, -0.25) is 5.32 Å². The molecule has 1 amide bonds. The SMILES string of the molecule is C/C(=N\OCc1csc(NC(=O)OC(C)(C)C)n1)c1ccccc1. The van der Waals surface area contributed by atoms with Gasteiger partial charge in [-0.1, -0.05) is 35.5 Å². The molecule has 7 heteroatoms. The molecular weight excluding hydrogens is 326 g/mol. The van der Waals surface area contributed by atoms with Crippen molar-refractivity contribution in [3.63, 3.8) is 0 Å². The number of hydrogen-bond acceptors (Lipinski definition) is 6. The Bertz CT molecular complexity index is 705. The number of ether oxygens (including phenoxy) is 1. The van der Waals surface area contributed by atoms with E-state index < -0.39 is 11.7 Å². The number of oxime groups is 1. The third-order valence-electron chi connectivity index (χ3n) is 2.77. The van der Waals surface area contributed by atoms with Crippen molar-refractivity contribution in [2.45, 2.75) is 39.9 Å². The van der Waals surface area contributed by atoms with Crippen LogP contribution in [0.4, 0.5) is 9.93 Å². The van der Waals surface area contributed by atoms with Gasteiger partial charge in [0.05, 0.1) is 11.4 Å². The summed E-state index contributed by atoms with van der Waals surface area (Å²) < 4.78 is 5.18. The molecule has 0 aliphatic heterocycles. The topological polar surface area (TPSA) is 72.8 Å². The maximum absolute atomic E-state index is 11.7. The first kappa shape index (κ1) is 17.9. The number of amides is 1. The molecule has 2 aromatic rings. The van der Waals surface area contributed by atoms with Crippen LogP contribution in [-0.2, 0) is 16.2 Å². The predicted octanol–water partition coefficient (Wildman–Crippen LogP) is 4.43. The van der Waals surface area contributed by atoms with Crippen molar-refractivity contribution in [1.82, 2.24) is 4.98 Å². The lowest BCUT2D eigenvalue weighted by atomic mass is 10.1. The van der Waals surface area contributed by atoms with E-state index in [-0.39, 0.29) is 6.61 Å². The lowest BCUT2D eigenvalue weighted by Crippen LogP contribution is -2.27. The summed E-state index contributed by atoms with van der Waals surface area (Å²) in [6, 6.07) is 9.78. The number of thiazole rings is 1. The first-order valence-corrected chi connectivity index (χ1v) is 8.38. The summed E-state index contributed by atoms with van der Waals surface area (Å²) in [5, 5.41) is 8.95. The highest BCUT2D eigenvalue weighted by Crippen LogP contribution is 2.17. The Balaban J connectivity index is 1.85. The van der Waals surface area contributed by atoms with Gasteiger partial charge in [-0.15, -0.1) is 11.3 Å². The van der Waals surface area contributed by atoms with E-state index >= 15 is 0 Å². The Morgan fingerprint density at radius 3 is 2.67 bits per heavy atom. The Kier molecular flexibility index (Phi) is 5.92. The fourth-order valence-electron chi connectivity index (χ4n) is 1.75. The normalized spacial score (nSPS) is 11.9. The number of carbonyl (C=O) groups is 1. The molecule has 0 radical (unpaired) electrons. The van der Waals surface area contributed by atoms with Crippen LogP contribution in [0.3, 0.4) is 0 Å². The van der Waals surface area contributed by atoms with E-state index in [2.05, 4.69) is 15.5 Å². The molecule has 2 rings (SSSR count). The first-order chi connectivity index (χ1) is 11.3. The molecule has 1 aromatic carbocycles. The molecule has 1 heterocycles. The second-order valence-electron chi connectivity index (χ2n) is 6.09. The molecule has 0 atom stereocenters. The van der Waals surface area contributed by atoms with Gasteiger partial charge in [-0.05, 0) is 33.3 Å². The Labute approximate surface area is 145 Å². The van der Waals surface area contributed by atoms with E-state index in [0.29, 0.717) is 10.8 Å². The highest BCUT2D eigenvalue weighted by atomic mass is 32.1. The molecule has 1 aromatic heterocycles. The van der Waals surface area contributed by atoms with E-state index in [1.165, 1.54) is 11.3 Å². The summed E-state index contributed by atoms with van der Waals surface area (Å²) in [5.41, 5.74) is 1.94. The van der Waals surface area contributed by atoms with Crippen molar-refractivity contribution >= 4 is 28.3 Å². The molecule has 1 N–H and O–H groups in total. The van der Waals surface area contributed by atoms with Crippen LogP contribution in [0.5, 0.6) is 0 Å². The zero-order valence-corrected chi connectivity index (χ0v) is 15.0. The summed E-state index contributed by atoms with van der Waals surface area (Å²) in [6.45, 7) is 7.53. The Morgan fingerprint density at radius 1 is 1.29 bits per heavy atom. The number of aromatic nitrogens is 1. The van der Waals surface area contributed by atoms with Crippen LogP contribution in [0.1, 0.15) is 39.0 Å². The molecule has 0 saturated carbocycles. The highest BCUT2D eigenvalue weighted by Gasteiger charge is 2.17. The second-order valence-corrected chi connectivity index (χ2v) is 6.95. The number of hydrogen-bond donors (Lipinski definition) is 1. The number of anilines is 1. The number of nitrogens with one attached hydrogen (secondary N) is 1. The zero-order valence-electron chi connectivity index (χ0n) is 14.2. The predicted molar refractivity (Wildman–Crippen MR) is 95.4 cm³/mol. The average Bonchev–Trinajstić information content (AvgIpc) is 2.93. The van der Waals surface area contributed by atoms with Crippen molar-refractivity contribution in [3.8, 4) is 0 Å². The molecule has 0 aliphatic carbocycles. The third kappa shape index (κ3) is 6.00. The van der Waals surface area contributed by atoms with Crippen molar-refractivity contribution in [2.24, 2.45) is 5.16 Å². The highest BCUT2D eigenvalue weighted by molar-refractivity contribution is 7.13. The number of benzene rings is 1. The minimum Gasteiger partial charge on any atom is -0.444 e. The molecule has 0 saturated heterocycles. The van der Waals surface area contributed by atoms with Gasteiger partial charge in [-0.2, -0.15) is 0 Å². The van der Waals surface area contributed by atoms with E-state index in [4.69, 9.17) is 9.57 Å². The quantitative estimate of drug-likeness (QED) is 0.641. The summed E-state index contributed by atoms with van der Waals surface area (Å²) in [6.07, 6.45) is -0.526. The standard InChI is InChI=1S/C17H21N3O3S/c1-12(13-8-6-5-7-9-13)20-22-10-14-11-24-15(18-14)19-16(21)23-17(2,3)4/h5-9,11H,10H2,1-4H3,(H,18,19,21)/b20-12+. The minimum atomic E-state index is -0.545. The molecule has 24 heavy (non-hydrogen) atoms. The smallest absolute Gasteiger partial charge is 0.413 e. The van der Waals surface area contributed by atoms with Gasteiger partial charge in [0.25, 0.3) is 0 Å². The maximum atomic E-state index is 11.7. The van der Waals surface area contributed by atoms with Crippen LogP contribution in [0.25, 0.3) is 0 Å². The molecule has 0 spiro atoms. The molecule has 0 unspecified atom stereocenters. The van der Waals surface area contributed by atoms with Crippen molar-refractivity contribution in [3.05, 3.63) is 47.0 Å². The lowest BCUT2D eigenvalue weighted by molar-refractivity contribution is 0.0636. The van der Waals surface area contributed by atoms with Gasteiger partial charge in [0.1, 0.15) is 5.60 Å². The van der Waals surface area contributed by atoms with E-state index in [1.54, 1.807) is 26.2 Å². The van der Waals surface area contributed by atoms with E-state index in [0.717, 1.165) is 11.3 Å². The molecule has 0 fully saturated rings. The van der Waals surface area contributed by atoms with Crippen LogP contribution in [0.2, 0.25) is 0 Å². The van der Waals surface area contributed by atoms with Gasteiger partial charge < -0.3 is 9.57 Å². The number of carbonyl (C=O) groups excluding carboxylic acids is 1. The van der Waals surface area contributed by atoms with Gasteiger partial charge in [0.15, 0.2) is 11.7 Å². The molecular formula is C17H21N3O3S. The largest absolute Gasteiger partial charge is 0.444 e. The summed E-state index contributed by atoms with van der Waals surface area (Å²) >= 11 is 1.31. The second kappa shape index (κ2) is 7.92. The van der Waals surface area contributed by atoms with Gasteiger partial charge in [0, 0.05) is 5.38 Å². The monoisotopic (exact) mass is 347 g/mol. The van der Waals surface area contributed by atoms with Gasteiger partial charge >= 0.3 is 6.09 Å². The Hall–Kier alpha value is -2.41. The van der Waals surface area contributed by atoms with Gasteiger partial charge in [-0.25, -0.2) is 9.78 Å². The van der Waals surface area contributed by atoms with Crippen LogP contribution in [-0.4, -0.2) is 22.4 Å². The van der Waals surface area contributed by atoms with E-state index in [9.17, 15) is 4.79 Å². The number of rotatable bonds is 5. The molecule has 0 aliphatic rings. The first-order valence-electron chi connectivity index (χ1n) is 7.50. The molecule has 6 nitrogen and oxygen atoms in total. The molecule has 128 valence electrons. The van der Waals surface area contributed by atoms with Crippen molar-refractivity contribution < 1.29 is 14.4 Å². The van der Waals surface area contributed by atoms with Crippen LogP contribution >= 0.6 is 11.3 Å². The molecule has 0 bridgehead atoms. The van der Waals surface area contributed by atoms with Crippen molar-refractivity contribution in [2.75, 3.05) is 5.32 Å². The van der Waals surface area contributed by atoms with Crippen molar-refractivity contribution in [1.29, 1.82) is 0 Å². The summed E-state index contributed by atoms with van der Waals surface area (Å²) in [5.74, 6) is 0. The van der Waals surface area contributed by atoms with Crippen LogP contribution in [0.15, 0.2) is 40.9 Å². The number of nitrogens with zero attached hydrogens (tertiary/aromatic N) is 2. The third-order valence-corrected chi connectivity index (χ3v) is 3.57. The van der Waals surface area contributed by atoms with Crippen LogP contribution < -0.4 is 5.32 Å². The maximum Gasteiger partial charge on any atom is 0.413 e. The lowest BCUT2D eigenvalue weighted by Gasteiger charge is -2.18. The average molecular weight is 347 g/mol. The van der Waals surface area contributed by atoms with E-state index in [1.807, 2.05) is 37.3 Å².